The monoisotopic (exact) mass is 238 g/mol. The standard InChI is InChI=1S/C13H22N2O2/c1-2-17-12(11-6-4-3-5-7-11)10-15-9-8-14-13(15)16/h2,11-12H,1,3-10H2,(H,14,16). The normalized spacial score (nSPS) is 23.3. The van der Waals surface area contributed by atoms with Crippen LogP contribution >= 0.6 is 0 Å². The number of nitrogens with zero attached hydrogens (tertiary/aromatic N) is 1. The molecule has 4 heteroatoms. The van der Waals surface area contributed by atoms with Gasteiger partial charge in [-0.3, -0.25) is 0 Å². The summed E-state index contributed by atoms with van der Waals surface area (Å²) in [5.74, 6) is 0.579. The molecule has 1 aliphatic carbocycles. The molecule has 1 N–H and O–H groups in total. The third-order valence-electron chi connectivity index (χ3n) is 3.79. The van der Waals surface area contributed by atoms with Crippen molar-refractivity contribution in [2.75, 3.05) is 19.6 Å². The summed E-state index contributed by atoms with van der Waals surface area (Å²) in [5.41, 5.74) is 0. The third-order valence-corrected chi connectivity index (χ3v) is 3.79. The molecular weight excluding hydrogens is 216 g/mol. The minimum Gasteiger partial charge on any atom is -0.497 e. The molecule has 96 valence electrons. The van der Waals surface area contributed by atoms with Crippen molar-refractivity contribution in [3.63, 3.8) is 0 Å². The first-order valence-corrected chi connectivity index (χ1v) is 6.60. The molecule has 1 saturated carbocycles. The van der Waals surface area contributed by atoms with E-state index in [1.54, 1.807) is 0 Å². The molecule has 0 aromatic carbocycles. The highest BCUT2D eigenvalue weighted by Crippen LogP contribution is 2.28. The quantitative estimate of drug-likeness (QED) is 0.745. The Hall–Kier alpha value is -1.19. The molecule has 1 unspecified atom stereocenters. The van der Waals surface area contributed by atoms with Gasteiger partial charge in [0.25, 0.3) is 0 Å². The van der Waals surface area contributed by atoms with Crippen LogP contribution in [0.4, 0.5) is 4.79 Å². The average Bonchev–Trinajstić information content (AvgIpc) is 2.76. The zero-order chi connectivity index (χ0) is 12.1. The van der Waals surface area contributed by atoms with E-state index >= 15 is 0 Å². The second-order valence-corrected chi connectivity index (χ2v) is 4.92. The van der Waals surface area contributed by atoms with Gasteiger partial charge in [0.15, 0.2) is 0 Å². The summed E-state index contributed by atoms with van der Waals surface area (Å²) in [4.78, 5) is 13.4. The van der Waals surface area contributed by atoms with E-state index in [0.717, 1.165) is 13.1 Å². The Balaban J connectivity index is 1.90. The first-order chi connectivity index (χ1) is 8.31. The molecule has 0 aromatic heterocycles. The summed E-state index contributed by atoms with van der Waals surface area (Å²) in [7, 11) is 0. The van der Waals surface area contributed by atoms with E-state index in [2.05, 4.69) is 11.9 Å². The fourth-order valence-corrected chi connectivity index (χ4v) is 2.84. The Morgan fingerprint density at radius 1 is 1.47 bits per heavy atom. The topological polar surface area (TPSA) is 41.6 Å². The Morgan fingerprint density at radius 2 is 2.24 bits per heavy atom. The molecule has 0 aromatic rings. The zero-order valence-electron chi connectivity index (χ0n) is 10.4. The second kappa shape index (κ2) is 5.94. The summed E-state index contributed by atoms with van der Waals surface area (Å²) < 4.78 is 5.63. The zero-order valence-corrected chi connectivity index (χ0v) is 10.4. The summed E-state index contributed by atoms with van der Waals surface area (Å²) in [5, 5.41) is 2.83. The van der Waals surface area contributed by atoms with Crippen LogP contribution in [-0.4, -0.2) is 36.7 Å². The van der Waals surface area contributed by atoms with E-state index < -0.39 is 0 Å². The second-order valence-electron chi connectivity index (χ2n) is 4.92. The highest BCUT2D eigenvalue weighted by atomic mass is 16.5. The molecule has 1 saturated heterocycles. The number of nitrogens with one attached hydrogen (secondary N) is 1. The van der Waals surface area contributed by atoms with Gasteiger partial charge in [-0.05, 0) is 18.8 Å². The average molecular weight is 238 g/mol. The van der Waals surface area contributed by atoms with Crippen LogP contribution in [0, 0.1) is 5.92 Å². The van der Waals surface area contributed by atoms with Crippen molar-refractivity contribution in [3.8, 4) is 0 Å². The van der Waals surface area contributed by atoms with Crippen molar-refractivity contribution < 1.29 is 9.53 Å². The Bertz CT molecular complexity index is 275. The molecule has 2 rings (SSSR count). The van der Waals surface area contributed by atoms with Crippen LogP contribution < -0.4 is 5.32 Å². The minimum absolute atomic E-state index is 0.0403. The van der Waals surface area contributed by atoms with Gasteiger partial charge in [-0.1, -0.05) is 25.8 Å². The van der Waals surface area contributed by atoms with E-state index in [-0.39, 0.29) is 12.1 Å². The van der Waals surface area contributed by atoms with E-state index in [4.69, 9.17) is 4.74 Å². The molecule has 2 amide bonds. The molecular formula is C13H22N2O2. The lowest BCUT2D eigenvalue weighted by Crippen LogP contribution is -2.40. The van der Waals surface area contributed by atoms with Gasteiger partial charge in [0.1, 0.15) is 6.10 Å². The van der Waals surface area contributed by atoms with Crippen LogP contribution in [0.25, 0.3) is 0 Å². The van der Waals surface area contributed by atoms with Crippen LogP contribution in [0.3, 0.4) is 0 Å². The number of hydrogen-bond donors (Lipinski definition) is 1. The minimum atomic E-state index is 0.0403. The first kappa shape index (κ1) is 12.3. The Morgan fingerprint density at radius 3 is 2.82 bits per heavy atom. The maximum Gasteiger partial charge on any atom is 0.317 e. The van der Waals surface area contributed by atoms with Gasteiger partial charge < -0.3 is 15.0 Å². The number of carbonyl (C=O) groups is 1. The molecule has 2 aliphatic rings. The van der Waals surface area contributed by atoms with Crippen molar-refractivity contribution >= 4 is 6.03 Å². The van der Waals surface area contributed by atoms with Crippen LogP contribution in [0.2, 0.25) is 0 Å². The Kier molecular flexibility index (Phi) is 4.29. The lowest BCUT2D eigenvalue weighted by molar-refractivity contribution is 0.0468. The van der Waals surface area contributed by atoms with Gasteiger partial charge in [-0.2, -0.15) is 0 Å². The van der Waals surface area contributed by atoms with Crippen molar-refractivity contribution in [3.05, 3.63) is 12.8 Å². The molecule has 4 nitrogen and oxygen atoms in total. The maximum atomic E-state index is 11.5. The predicted octanol–water partition coefficient (Wildman–Crippen LogP) is 2.12. The van der Waals surface area contributed by atoms with Crippen LogP contribution in [0.15, 0.2) is 12.8 Å². The highest BCUT2D eigenvalue weighted by Gasteiger charge is 2.29. The molecule has 0 bridgehead atoms. The largest absolute Gasteiger partial charge is 0.497 e. The van der Waals surface area contributed by atoms with Crippen molar-refractivity contribution in [2.24, 2.45) is 5.92 Å². The predicted molar refractivity (Wildman–Crippen MR) is 66.6 cm³/mol. The molecule has 0 spiro atoms. The molecule has 1 aliphatic heterocycles. The van der Waals surface area contributed by atoms with E-state index in [1.807, 2.05) is 4.90 Å². The third kappa shape index (κ3) is 3.14. The van der Waals surface area contributed by atoms with Crippen LogP contribution in [0.5, 0.6) is 0 Å². The lowest BCUT2D eigenvalue weighted by atomic mass is 9.85. The number of ether oxygens (including phenoxy) is 1. The fourth-order valence-electron chi connectivity index (χ4n) is 2.84. The first-order valence-electron chi connectivity index (χ1n) is 6.60. The number of rotatable bonds is 5. The molecule has 0 radical (unpaired) electrons. The van der Waals surface area contributed by atoms with Gasteiger partial charge in [-0.15, -0.1) is 0 Å². The summed E-state index contributed by atoms with van der Waals surface area (Å²) >= 11 is 0. The van der Waals surface area contributed by atoms with Gasteiger partial charge in [0.2, 0.25) is 0 Å². The summed E-state index contributed by atoms with van der Waals surface area (Å²) in [6.07, 6.45) is 7.98. The van der Waals surface area contributed by atoms with E-state index in [0.29, 0.717) is 12.5 Å². The molecule has 2 fully saturated rings. The van der Waals surface area contributed by atoms with Gasteiger partial charge in [-0.25, -0.2) is 4.79 Å². The number of amides is 2. The van der Waals surface area contributed by atoms with Gasteiger partial charge >= 0.3 is 6.03 Å². The van der Waals surface area contributed by atoms with Crippen LogP contribution in [-0.2, 0) is 4.74 Å². The summed E-state index contributed by atoms with van der Waals surface area (Å²) in [6, 6.07) is 0.0403. The maximum absolute atomic E-state index is 11.5. The molecule has 17 heavy (non-hydrogen) atoms. The Labute approximate surface area is 103 Å². The molecule has 1 heterocycles. The van der Waals surface area contributed by atoms with Crippen molar-refractivity contribution in [2.45, 2.75) is 38.2 Å². The van der Waals surface area contributed by atoms with Gasteiger partial charge in [0, 0.05) is 13.1 Å². The van der Waals surface area contributed by atoms with E-state index in [1.165, 1.54) is 38.4 Å². The van der Waals surface area contributed by atoms with Crippen molar-refractivity contribution in [1.82, 2.24) is 10.2 Å². The van der Waals surface area contributed by atoms with Gasteiger partial charge in [0.05, 0.1) is 12.8 Å². The van der Waals surface area contributed by atoms with E-state index in [9.17, 15) is 4.79 Å². The smallest absolute Gasteiger partial charge is 0.317 e. The number of hydrogen-bond acceptors (Lipinski definition) is 2. The van der Waals surface area contributed by atoms with Crippen molar-refractivity contribution in [1.29, 1.82) is 0 Å². The number of urea groups is 1. The fraction of sp³-hybridized carbons (Fsp3) is 0.769. The lowest BCUT2D eigenvalue weighted by Gasteiger charge is -2.31. The highest BCUT2D eigenvalue weighted by molar-refractivity contribution is 5.76. The number of carbonyl (C=O) groups excluding carboxylic acids is 1. The SMILES string of the molecule is C=COC(CN1CCNC1=O)C1CCCCC1. The van der Waals surface area contributed by atoms with Crippen LogP contribution in [0.1, 0.15) is 32.1 Å². The summed E-state index contributed by atoms with van der Waals surface area (Å²) in [6.45, 7) is 5.89. The molecule has 1 atom stereocenters.